The zero-order valence-corrected chi connectivity index (χ0v) is 11.0. The van der Waals surface area contributed by atoms with Gasteiger partial charge in [-0.3, -0.25) is 4.79 Å². The smallest absolute Gasteiger partial charge is 0.182 e. The summed E-state index contributed by atoms with van der Waals surface area (Å²) in [5.74, 6) is -0.0916. The molecule has 3 rings (SSSR count). The molecule has 20 heavy (non-hydrogen) atoms. The SMILES string of the molecule is CC(=O)c1nnn(-c2ccccc2)c1-c1ccccc1. The number of rotatable bonds is 3. The molecule has 0 saturated carbocycles. The number of aromatic nitrogens is 3. The Morgan fingerprint density at radius 1 is 0.950 bits per heavy atom. The Bertz CT molecular complexity index is 733. The first-order chi connectivity index (χ1) is 9.77. The molecule has 0 aliphatic carbocycles. The Morgan fingerprint density at radius 3 is 2.15 bits per heavy atom. The topological polar surface area (TPSA) is 47.8 Å². The van der Waals surface area contributed by atoms with E-state index in [1.807, 2.05) is 60.7 Å². The molecule has 0 saturated heterocycles. The number of Topliss-reactive ketones (excluding diaryl/α,β-unsaturated/α-hetero) is 1. The third-order valence-corrected chi connectivity index (χ3v) is 3.05. The summed E-state index contributed by atoms with van der Waals surface area (Å²) in [5.41, 5.74) is 2.92. The predicted octanol–water partition coefficient (Wildman–Crippen LogP) is 3.14. The maximum atomic E-state index is 11.8. The van der Waals surface area contributed by atoms with E-state index < -0.39 is 0 Å². The monoisotopic (exact) mass is 263 g/mol. The molecule has 0 aliphatic heterocycles. The molecule has 0 unspecified atom stereocenters. The summed E-state index contributed by atoms with van der Waals surface area (Å²) in [4.78, 5) is 11.8. The Labute approximate surface area is 116 Å². The average molecular weight is 263 g/mol. The first-order valence-corrected chi connectivity index (χ1v) is 6.35. The average Bonchev–Trinajstić information content (AvgIpc) is 2.94. The van der Waals surface area contributed by atoms with Gasteiger partial charge in [-0.25, -0.2) is 4.68 Å². The lowest BCUT2D eigenvalue weighted by molar-refractivity contribution is 0.101. The van der Waals surface area contributed by atoms with E-state index >= 15 is 0 Å². The van der Waals surface area contributed by atoms with Gasteiger partial charge in [-0.15, -0.1) is 5.10 Å². The standard InChI is InChI=1S/C16H13N3O/c1-12(20)15-16(13-8-4-2-5-9-13)19(18-17-15)14-10-6-3-7-11-14/h2-11H,1H3. The van der Waals surface area contributed by atoms with E-state index in [1.165, 1.54) is 6.92 Å². The van der Waals surface area contributed by atoms with Crippen molar-refractivity contribution in [1.29, 1.82) is 0 Å². The van der Waals surface area contributed by atoms with Gasteiger partial charge in [-0.2, -0.15) is 0 Å². The molecule has 0 bridgehead atoms. The van der Waals surface area contributed by atoms with E-state index in [-0.39, 0.29) is 5.78 Å². The van der Waals surface area contributed by atoms with E-state index in [0.29, 0.717) is 5.69 Å². The molecule has 98 valence electrons. The molecule has 0 fully saturated rings. The lowest BCUT2D eigenvalue weighted by Gasteiger charge is -2.07. The van der Waals surface area contributed by atoms with Crippen LogP contribution in [0.1, 0.15) is 17.4 Å². The maximum Gasteiger partial charge on any atom is 0.182 e. The van der Waals surface area contributed by atoms with Crippen molar-refractivity contribution in [1.82, 2.24) is 15.0 Å². The van der Waals surface area contributed by atoms with Gasteiger partial charge in [-0.1, -0.05) is 53.7 Å². The van der Waals surface area contributed by atoms with Crippen LogP contribution in [-0.4, -0.2) is 20.8 Å². The highest BCUT2D eigenvalue weighted by atomic mass is 16.1. The number of benzene rings is 2. The zero-order valence-electron chi connectivity index (χ0n) is 11.0. The largest absolute Gasteiger partial charge is 0.293 e. The third kappa shape index (κ3) is 2.12. The van der Waals surface area contributed by atoms with Crippen LogP contribution in [0.4, 0.5) is 0 Å². The number of para-hydroxylation sites is 1. The Kier molecular flexibility index (Phi) is 3.13. The number of nitrogens with zero attached hydrogens (tertiary/aromatic N) is 3. The van der Waals surface area contributed by atoms with Crippen LogP contribution in [0.3, 0.4) is 0 Å². The molecule has 2 aromatic carbocycles. The van der Waals surface area contributed by atoms with E-state index in [2.05, 4.69) is 10.3 Å². The van der Waals surface area contributed by atoms with Crippen LogP contribution in [-0.2, 0) is 0 Å². The number of ketones is 1. The van der Waals surface area contributed by atoms with Crippen molar-refractivity contribution >= 4 is 5.78 Å². The molecule has 3 aromatic rings. The molecule has 0 amide bonds. The van der Waals surface area contributed by atoms with Crippen LogP contribution in [0.2, 0.25) is 0 Å². The predicted molar refractivity (Wildman–Crippen MR) is 76.8 cm³/mol. The van der Waals surface area contributed by atoms with Crippen molar-refractivity contribution in [2.45, 2.75) is 6.92 Å². The second-order valence-corrected chi connectivity index (χ2v) is 4.46. The Morgan fingerprint density at radius 2 is 1.55 bits per heavy atom. The Balaban J connectivity index is 2.25. The molecule has 1 aromatic heterocycles. The third-order valence-electron chi connectivity index (χ3n) is 3.05. The van der Waals surface area contributed by atoms with E-state index in [0.717, 1.165) is 16.9 Å². The van der Waals surface area contributed by atoms with Crippen molar-refractivity contribution in [2.24, 2.45) is 0 Å². The molecule has 0 radical (unpaired) electrons. The minimum atomic E-state index is -0.0916. The van der Waals surface area contributed by atoms with E-state index in [9.17, 15) is 4.79 Å². The lowest BCUT2D eigenvalue weighted by atomic mass is 10.1. The molecule has 0 N–H and O–H groups in total. The number of hydrogen-bond acceptors (Lipinski definition) is 3. The molecule has 0 atom stereocenters. The maximum absolute atomic E-state index is 11.8. The quantitative estimate of drug-likeness (QED) is 0.682. The number of hydrogen-bond donors (Lipinski definition) is 0. The summed E-state index contributed by atoms with van der Waals surface area (Å²) < 4.78 is 1.70. The van der Waals surface area contributed by atoms with Gasteiger partial charge in [0.05, 0.1) is 5.69 Å². The Hall–Kier alpha value is -2.75. The van der Waals surface area contributed by atoms with Crippen molar-refractivity contribution < 1.29 is 4.79 Å². The van der Waals surface area contributed by atoms with Crippen LogP contribution in [0.25, 0.3) is 16.9 Å². The fourth-order valence-electron chi connectivity index (χ4n) is 2.12. The van der Waals surface area contributed by atoms with Gasteiger partial charge in [0.25, 0.3) is 0 Å². The van der Waals surface area contributed by atoms with Gasteiger partial charge < -0.3 is 0 Å². The number of carbonyl (C=O) groups excluding carboxylic acids is 1. The van der Waals surface area contributed by atoms with E-state index in [4.69, 9.17) is 0 Å². The molecular weight excluding hydrogens is 250 g/mol. The first kappa shape index (κ1) is 12.3. The van der Waals surface area contributed by atoms with Crippen LogP contribution in [0.15, 0.2) is 60.7 Å². The summed E-state index contributed by atoms with van der Waals surface area (Å²) in [5, 5.41) is 8.16. The molecule has 4 heteroatoms. The minimum Gasteiger partial charge on any atom is -0.293 e. The summed E-state index contributed by atoms with van der Waals surface area (Å²) in [6.45, 7) is 1.51. The van der Waals surface area contributed by atoms with Gasteiger partial charge in [0, 0.05) is 12.5 Å². The normalized spacial score (nSPS) is 10.4. The minimum absolute atomic E-state index is 0.0916. The van der Waals surface area contributed by atoms with Gasteiger partial charge in [-0.05, 0) is 12.1 Å². The summed E-state index contributed by atoms with van der Waals surface area (Å²) >= 11 is 0. The van der Waals surface area contributed by atoms with Crippen LogP contribution < -0.4 is 0 Å². The van der Waals surface area contributed by atoms with E-state index in [1.54, 1.807) is 4.68 Å². The fourth-order valence-corrected chi connectivity index (χ4v) is 2.12. The summed E-state index contributed by atoms with van der Waals surface area (Å²) in [6, 6.07) is 19.4. The van der Waals surface area contributed by atoms with Crippen molar-refractivity contribution in [3.05, 3.63) is 66.4 Å². The van der Waals surface area contributed by atoms with Crippen molar-refractivity contribution in [3.63, 3.8) is 0 Å². The van der Waals surface area contributed by atoms with Crippen LogP contribution in [0.5, 0.6) is 0 Å². The summed E-state index contributed by atoms with van der Waals surface area (Å²) in [7, 11) is 0. The highest BCUT2D eigenvalue weighted by Gasteiger charge is 2.18. The highest BCUT2D eigenvalue weighted by Crippen LogP contribution is 2.25. The van der Waals surface area contributed by atoms with Gasteiger partial charge in [0.15, 0.2) is 11.5 Å². The molecule has 4 nitrogen and oxygen atoms in total. The molecule has 0 aliphatic rings. The first-order valence-electron chi connectivity index (χ1n) is 6.35. The molecule has 1 heterocycles. The van der Waals surface area contributed by atoms with Crippen molar-refractivity contribution in [3.8, 4) is 16.9 Å². The second-order valence-electron chi connectivity index (χ2n) is 4.46. The van der Waals surface area contributed by atoms with Crippen molar-refractivity contribution in [2.75, 3.05) is 0 Å². The van der Waals surface area contributed by atoms with Gasteiger partial charge in [0.1, 0.15) is 5.69 Å². The zero-order chi connectivity index (χ0) is 13.9. The molecular formula is C16H13N3O. The second kappa shape index (κ2) is 5.09. The summed E-state index contributed by atoms with van der Waals surface area (Å²) in [6.07, 6.45) is 0. The van der Waals surface area contributed by atoms with Gasteiger partial charge in [0.2, 0.25) is 0 Å². The van der Waals surface area contributed by atoms with Crippen LogP contribution >= 0.6 is 0 Å². The number of carbonyl (C=O) groups is 1. The van der Waals surface area contributed by atoms with Gasteiger partial charge >= 0.3 is 0 Å². The lowest BCUT2D eigenvalue weighted by Crippen LogP contribution is -2.01. The highest BCUT2D eigenvalue weighted by molar-refractivity contribution is 5.98. The fraction of sp³-hybridized carbons (Fsp3) is 0.0625. The molecule has 0 spiro atoms. The van der Waals surface area contributed by atoms with Crippen LogP contribution in [0, 0.1) is 0 Å².